The zero-order valence-electron chi connectivity index (χ0n) is 11.3. The number of hydrogen-bond acceptors (Lipinski definition) is 4. The Morgan fingerprint density at radius 3 is 2.76 bits per heavy atom. The molecule has 0 aliphatic heterocycles. The van der Waals surface area contributed by atoms with Crippen LogP contribution >= 0.6 is 35.0 Å². The van der Waals surface area contributed by atoms with Crippen molar-refractivity contribution in [3.8, 4) is 5.75 Å². The van der Waals surface area contributed by atoms with Gasteiger partial charge in [-0.25, -0.2) is 0 Å². The number of amides is 1. The van der Waals surface area contributed by atoms with Gasteiger partial charge in [-0.3, -0.25) is 9.59 Å². The van der Waals surface area contributed by atoms with Crippen molar-refractivity contribution in [3.63, 3.8) is 0 Å². The van der Waals surface area contributed by atoms with Crippen LogP contribution in [0.3, 0.4) is 0 Å². The van der Waals surface area contributed by atoms with Gasteiger partial charge in [-0.2, -0.15) is 0 Å². The number of carbonyl (C=O) groups excluding carboxylic acids is 1. The monoisotopic (exact) mass is 351 g/mol. The lowest BCUT2D eigenvalue weighted by molar-refractivity contribution is -0.134. The number of rotatable bonds is 8. The zero-order chi connectivity index (χ0) is 15.8. The van der Waals surface area contributed by atoms with Crippen LogP contribution in [0.2, 0.25) is 10.0 Å². The molecule has 2 N–H and O–H groups in total. The van der Waals surface area contributed by atoms with E-state index < -0.39 is 12.1 Å². The number of nitrogens with one attached hydrogen (secondary N) is 1. The molecular weight excluding hydrogens is 337 g/mol. The number of carboxylic acid groups (broad SMARTS) is 1. The molecule has 0 saturated heterocycles. The third kappa shape index (κ3) is 6.93. The summed E-state index contributed by atoms with van der Waals surface area (Å²) in [6.45, 7) is 1.98. The smallest absolute Gasteiger partial charge is 0.313 e. The Morgan fingerprint density at radius 2 is 2.14 bits per heavy atom. The first-order valence-electron chi connectivity index (χ1n) is 6.09. The molecule has 0 fully saturated rings. The summed E-state index contributed by atoms with van der Waals surface area (Å²) >= 11 is 13.0. The van der Waals surface area contributed by atoms with E-state index in [2.05, 4.69) is 5.32 Å². The fourth-order valence-corrected chi connectivity index (χ4v) is 2.38. The van der Waals surface area contributed by atoms with Crippen LogP contribution in [0.1, 0.15) is 6.92 Å². The van der Waals surface area contributed by atoms with Gasteiger partial charge in [0.15, 0.2) is 6.10 Å². The van der Waals surface area contributed by atoms with E-state index in [-0.39, 0.29) is 11.7 Å². The molecule has 21 heavy (non-hydrogen) atoms. The number of hydrogen-bond donors (Lipinski definition) is 2. The van der Waals surface area contributed by atoms with Crippen molar-refractivity contribution in [1.29, 1.82) is 0 Å². The Balaban J connectivity index is 2.35. The van der Waals surface area contributed by atoms with E-state index in [4.69, 9.17) is 33.0 Å². The van der Waals surface area contributed by atoms with Crippen molar-refractivity contribution in [2.75, 3.05) is 18.1 Å². The SMILES string of the molecule is CC(Oc1ccc(Cl)cc1Cl)C(=O)NCCSCC(=O)O. The molecule has 0 aliphatic carbocycles. The first-order chi connectivity index (χ1) is 9.90. The molecule has 0 saturated carbocycles. The number of ether oxygens (including phenoxy) is 1. The van der Waals surface area contributed by atoms with Crippen LogP contribution < -0.4 is 10.1 Å². The summed E-state index contributed by atoms with van der Waals surface area (Å²) in [5, 5.41) is 11.9. The number of carbonyl (C=O) groups is 2. The Kier molecular flexibility index (Phi) is 7.71. The average molecular weight is 352 g/mol. The average Bonchev–Trinajstić information content (AvgIpc) is 2.40. The maximum absolute atomic E-state index is 11.8. The van der Waals surface area contributed by atoms with Crippen molar-refractivity contribution in [1.82, 2.24) is 5.32 Å². The van der Waals surface area contributed by atoms with Gasteiger partial charge in [0, 0.05) is 17.3 Å². The first kappa shape index (κ1) is 17.9. The third-order valence-corrected chi connectivity index (χ3v) is 3.81. The van der Waals surface area contributed by atoms with Crippen LogP contribution in [0, 0.1) is 0 Å². The van der Waals surface area contributed by atoms with Gasteiger partial charge in [-0.05, 0) is 25.1 Å². The fraction of sp³-hybridized carbons (Fsp3) is 0.385. The fourth-order valence-electron chi connectivity index (χ4n) is 1.36. The highest BCUT2D eigenvalue weighted by molar-refractivity contribution is 7.99. The molecule has 0 radical (unpaired) electrons. The van der Waals surface area contributed by atoms with E-state index in [0.29, 0.717) is 28.1 Å². The highest BCUT2D eigenvalue weighted by Gasteiger charge is 2.15. The molecule has 0 aliphatic rings. The van der Waals surface area contributed by atoms with Crippen molar-refractivity contribution < 1.29 is 19.4 Å². The molecule has 8 heteroatoms. The van der Waals surface area contributed by atoms with Gasteiger partial charge in [0.1, 0.15) is 5.75 Å². The Hall–Kier alpha value is -1.11. The van der Waals surface area contributed by atoms with Crippen LogP contribution in [0.4, 0.5) is 0 Å². The quantitative estimate of drug-likeness (QED) is 0.704. The minimum atomic E-state index is -0.875. The largest absolute Gasteiger partial charge is 0.481 e. The second-order valence-electron chi connectivity index (χ2n) is 4.07. The molecule has 1 atom stereocenters. The van der Waals surface area contributed by atoms with Gasteiger partial charge < -0.3 is 15.2 Å². The second-order valence-corrected chi connectivity index (χ2v) is 6.02. The number of carboxylic acids is 1. The molecule has 1 aromatic rings. The molecule has 1 aromatic carbocycles. The molecule has 5 nitrogen and oxygen atoms in total. The minimum Gasteiger partial charge on any atom is -0.481 e. The molecule has 0 bridgehead atoms. The van der Waals surface area contributed by atoms with Crippen LogP contribution in [-0.4, -0.2) is 41.1 Å². The number of aliphatic carboxylic acids is 1. The Labute approximate surface area is 136 Å². The number of benzene rings is 1. The van der Waals surface area contributed by atoms with Gasteiger partial charge in [-0.15, -0.1) is 11.8 Å². The van der Waals surface area contributed by atoms with E-state index in [0.717, 1.165) is 0 Å². The minimum absolute atomic E-state index is 0.0162. The molecule has 0 spiro atoms. The molecule has 1 rings (SSSR count). The van der Waals surface area contributed by atoms with E-state index in [1.54, 1.807) is 19.1 Å². The van der Waals surface area contributed by atoms with Crippen molar-refractivity contribution in [2.45, 2.75) is 13.0 Å². The normalized spacial score (nSPS) is 11.8. The maximum Gasteiger partial charge on any atom is 0.313 e. The van der Waals surface area contributed by atoms with E-state index in [9.17, 15) is 9.59 Å². The standard InChI is InChI=1S/C13H15Cl2NO4S/c1-8(13(19)16-4-5-21-7-12(17)18)20-11-3-2-9(14)6-10(11)15/h2-3,6,8H,4-5,7H2,1H3,(H,16,19)(H,17,18). The van der Waals surface area contributed by atoms with E-state index >= 15 is 0 Å². The summed E-state index contributed by atoms with van der Waals surface area (Å²) in [6.07, 6.45) is -0.715. The molecule has 1 amide bonds. The topological polar surface area (TPSA) is 75.6 Å². The van der Waals surface area contributed by atoms with Crippen LogP contribution in [0.15, 0.2) is 18.2 Å². The van der Waals surface area contributed by atoms with Gasteiger partial charge in [0.05, 0.1) is 10.8 Å². The summed E-state index contributed by atoms with van der Waals surface area (Å²) in [5.41, 5.74) is 0. The summed E-state index contributed by atoms with van der Waals surface area (Å²) in [4.78, 5) is 22.1. The Bertz CT molecular complexity index is 513. The predicted molar refractivity (Wildman–Crippen MR) is 84.5 cm³/mol. The zero-order valence-corrected chi connectivity index (χ0v) is 13.6. The summed E-state index contributed by atoms with van der Waals surface area (Å²) < 4.78 is 5.45. The first-order valence-corrected chi connectivity index (χ1v) is 8.00. The van der Waals surface area contributed by atoms with Crippen molar-refractivity contribution >= 4 is 46.8 Å². The number of halogens is 2. The van der Waals surface area contributed by atoms with Crippen molar-refractivity contribution in [3.05, 3.63) is 28.2 Å². The molecule has 116 valence electrons. The van der Waals surface area contributed by atoms with Crippen LogP contribution in [0.25, 0.3) is 0 Å². The lowest BCUT2D eigenvalue weighted by Crippen LogP contribution is -2.37. The summed E-state index contributed by atoms with van der Waals surface area (Å²) in [6, 6.07) is 4.75. The van der Waals surface area contributed by atoms with Crippen LogP contribution in [0.5, 0.6) is 5.75 Å². The van der Waals surface area contributed by atoms with E-state index in [1.807, 2.05) is 0 Å². The van der Waals surface area contributed by atoms with Crippen molar-refractivity contribution in [2.24, 2.45) is 0 Å². The second kappa shape index (κ2) is 9.02. The highest BCUT2D eigenvalue weighted by atomic mass is 35.5. The summed E-state index contributed by atoms with van der Waals surface area (Å²) in [7, 11) is 0. The van der Waals surface area contributed by atoms with E-state index in [1.165, 1.54) is 17.8 Å². The van der Waals surface area contributed by atoms with Gasteiger partial charge in [0.2, 0.25) is 0 Å². The van der Waals surface area contributed by atoms with Gasteiger partial charge >= 0.3 is 5.97 Å². The number of thioether (sulfide) groups is 1. The lowest BCUT2D eigenvalue weighted by Gasteiger charge is -2.15. The van der Waals surface area contributed by atoms with Gasteiger partial charge in [0.25, 0.3) is 5.91 Å². The summed E-state index contributed by atoms with van der Waals surface area (Å²) in [5.74, 6) is -0.254. The lowest BCUT2D eigenvalue weighted by atomic mass is 10.3. The predicted octanol–water partition coefficient (Wildman–Crippen LogP) is 2.69. The Morgan fingerprint density at radius 1 is 1.43 bits per heavy atom. The molecule has 1 unspecified atom stereocenters. The third-order valence-electron chi connectivity index (χ3n) is 2.34. The highest BCUT2D eigenvalue weighted by Crippen LogP contribution is 2.28. The van der Waals surface area contributed by atoms with Crippen LogP contribution in [-0.2, 0) is 9.59 Å². The molecular formula is C13H15Cl2NO4S. The maximum atomic E-state index is 11.8. The molecule has 0 aromatic heterocycles. The van der Waals surface area contributed by atoms with Gasteiger partial charge in [-0.1, -0.05) is 23.2 Å². The molecule has 0 heterocycles.